The zero-order valence-electron chi connectivity index (χ0n) is 21.3. The number of hydrogen-bond donors (Lipinski definition) is 1. The first kappa shape index (κ1) is 26.4. The number of aromatic nitrogens is 2. The number of pyridine rings is 2. The van der Waals surface area contributed by atoms with Gasteiger partial charge < -0.3 is 24.2 Å². The molecule has 0 aliphatic heterocycles. The highest BCUT2D eigenvalue weighted by molar-refractivity contribution is 5.62. The molecule has 0 aliphatic carbocycles. The van der Waals surface area contributed by atoms with Gasteiger partial charge in [-0.25, -0.2) is 0 Å². The van der Waals surface area contributed by atoms with Gasteiger partial charge in [-0.05, 0) is 48.0 Å². The molecule has 0 saturated heterocycles. The maximum atomic E-state index is 11.8. The molecular formula is C28H28N4O6. The van der Waals surface area contributed by atoms with Crippen LogP contribution in [0.5, 0.6) is 17.2 Å². The highest BCUT2D eigenvalue weighted by Crippen LogP contribution is 2.41. The van der Waals surface area contributed by atoms with E-state index in [9.17, 15) is 15.2 Å². The van der Waals surface area contributed by atoms with E-state index in [-0.39, 0.29) is 22.7 Å². The molecule has 0 bridgehead atoms. The van der Waals surface area contributed by atoms with Gasteiger partial charge in [0.15, 0.2) is 11.5 Å². The molecule has 4 rings (SSSR count). The van der Waals surface area contributed by atoms with E-state index in [1.54, 1.807) is 24.5 Å². The monoisotopic (exact) mass is 516 g/mol. The fourth-order valence-electron chi connectivity index (χ4n) is 4.17. The fourth-order valence-corrected chi connectivity index (χ4v) is 4.17. The lowest BCUT2D eigenvalue weighted by atomic mass is 9.98. The van der Waals surface area contributed by atoms with Gasteiger partial charge in [-0.1, -0.05) is 18.2 Å². The molecule has 2 heterocycles. The van der Waals surface area contributed by atoms with E-state index in [2.05, 4.69) is 14.9 Å². The zero-order valence-corrected chi connectivity index (χ0v) is 21.3. The average Bonchev–Trinajstić information content (AvgIpc) is 2.96. The molecule has 196 valence electrons. The summed E-state index contributed by atoms with van der Waals surface area (Å²) in [5, 5.41) is 23.0. The lowest BCUT2D eigenvalue weighted by molar-refractivity contribution is -0.386. The minimum atomic E-state index is -1.32. The molecule has 38 heavy (non-hydrogen) atoms. The molecule has 0 aliphatic rings. The van der Waals surface area contributed by atoms with Crippen LogP contribution >= 0.6 is 0 Å². The van der Waals surface area contributed by atoms with Crippen molar-refractivity contribution in [3.63, 3.8) is 0 Å². The Balaban J connectivity index is 1.74. The summed E-state index contributed by atoms with van der Waals surface area (Å²) in [5.74, 6) is 0.951. The molecule has 0 spiro atoms. The van der Waals surface area contributed by atoms with Gasteiger partial charge in [0.25, 0.3) is 5.69 Å². The largest absolute Gasteiger partial charge is 0.495 e. The van der Waals surface area contributed by atoms with Gasteiger partial charge in [0.1, 0.15) is 11.9 Å². The van der Waals surface area contributed by atoms with Crippen LogP contribution in [0, 0.1) is 10.1 Å². The van der Waals surface area contributed by atoms with Gasteiger partial charge in [0, 0.05) is 12.4 Å². The number of ether oxygens (including phenoxy) is 3. The summed E-state index contributed by atoms with van der Waals surface area (Å²) >= 11 is 0. The molecule has 0 amide bonds. The maximum Gasteiger partial charge on any atom is 0.279 e. The van der Waals surface area contributed by atoms with E-state index in [0.29, 0.717) is 24.4 Å². The number of nitro benzene ring substituents is 1. The highest BCUT2D eigenvalue weighted by atomic mass is 16.6. The van der Waals surface area contributed by atoms with Gasteiger partial charge >= 0.3 is 0 Å². The molecule has 4 aromatic rings. The van der Waals surface area contributed by atoms with Crippen molar-refractivity contribution in [2.75, 3.05) is 26.2 Å². The third-order valence-electron chi connectivity index (χ3n) is 6.04. The third kappa shape index (κ3) is 5.81. The van der Waals surface area contributed by atoms with Crippen molar-refractivity contribution in [1.82, 2.24) is 9.97 Å². The molecule has 0 saturated carbocycles. The minimum absolute atomic E-state index is 0.0706. The molecule has 0 radical (unpaired) electrons. The van der Waals surface area contributed by atoms with E-state index in [1.807, 2.05) is 42.5 Å². The summed E-state index contributed by atoms with van der Waals surface area (Å²) in [6.07, 6.45) is 2.15. The van der Waals surface area contributed by atoms with Crippen LogP contribution in [0.3, 0.4) is 0 Å². The molecule has 2 aromatic carbocycles. The van der Waals surface area contributed by atoms with Crippen molar-refractivity contribution >= 4 is 11.4 Å². The first-order valence-electron chi connectivity index (χ1n) is 11.8. The molecule has 10 nitrogen and oxygen atoms in total. The minimum Gasteiger partial charge on any atom is -0.495 e. The van der Waals surface area contributed by atoms with Gasteiger partial charge in [0.05, 0.1) is 68.0 Å². The lowest BCUT2D eigenvalue weighted by Crippen LogP contribution is -2.24. The third-order valence-corrected chi connectivity index (χ3v) is 6.04. The molecular weight excluding hydrogens is 488 g/mol. The summed E-state index contributed by atoms with van der Waals surface area (Å²) < 4.78 is 16.2. The molecule has 1 atom stereocenters. The van der Waals surface area contributed by atoms with E-state index in [0.717, 1.165) is 17.1 Å². The summed E-state index contributed by atoms with van der Waals surface area (Å²) in [7, 11) is 4.35. The number of methoxy groups -OCH3 is 3. The molecule has 1 unspecified atom stereocenters. The van der Waals surface area contributed by atoms with E-state index < -0.39 is 11.0 Å². The van der Waals surface area contributed by atoms with Gasteiger partial charge in [-0.15, -0.1) is 0 Å². The van der Waals surface area contributed by atoms with Gasteiger partial charge in [0.2, 0.25) is 0 Å². The number of nitrogens with zero attached hydrogens (tertiary/aromatic N) is 4. The Morgan fingerprint density at radius 3 is 1.92 bits per heavy atom. The number of nitro groups is 1. The number of hydrogen-bond acceptors (Lipinski definition) is 9. The first-order valence-corrected chi connectivity index (χ1v) is 11.8. The second-order valence-corrected chi connectivity index (χ2v) is 8.36. The zero-order chi connectivity index (χ0) is 27.1. The second-order valence-electron chi connectivity index (χ2n) is 8.36. The van der Waals surface area contributed by atoms with Crippen molar-refractivity contribution in [2.24, 2.45) is 0 Å². The van der Waals surface area contributed by atoms with E-state index in [4.69, 9.17) is 14.2 Å². The van der Waals surface area contributed by atoms with Crippen LogP contribution in [0.2, 0.25) is 0 Å². The van der Waals surface area contributed by atoms with Crippen LogP contribution in [0.15, 0.2) is 79.1 Å². The number of anilines is 1. The Labute approximate surface area is 220 Å². The standard InChI is InChI=1S/C28H28N4O6/c1-36-25-14-19(28(33)22-15-26(37-2)27(38-3)16-24(22)32(34)35)10-11-23(25)31(17-20-8-4-6-12-29-20)18-21-9-5-7-13-30-21/h4-16,28,33H,17-18H2,1-3H3. The van der Waals surface area contributed by atoms with Crippen molar-refractivity contribution in [3.05, 3.63) is 112 Å². The van der Waals surface area contributed by atoms with Crippen LogP contribution in [-0.2, 0) is 13.1 Å². The molecule has 2 aromatic heterocycles. The second kappa shape index (κ2) is 12.0. The van der Waals surface area contributed by atoms with Crippen LogP contribution in [0.4, 0.5) is 11.4 Å². The molecule has 1 N–H and O–H groups in total. The van der Waals surface area contributed by atoms with Gasteiger partial charge in [-0.3, -0.25) is 20.1 Å². The summed E-state index contributed by atoms with van der Waals surface area (Å²) in [4.78, 5) is 22.2. The van der Waals surface area contributed by atoms with Crippen molar-refractivity contribution in [2.45, 2.75) is 19.2 Å². The predicted molar refractivity (Wildman–Crippen MR) is 142 cm³/mol. The van der Waals surface area contributed by atoms with Crippen LogP contribution < -0.4 is 19.1 Å². The Morgan fingerprint density at radius 1 is 0.842 bits per heavy atom. The number of rotatable bonds is 11. The van der Waals surface area contributed by atoms with Gasteiger partial charge in [-0.2, -0.15) is 0 Å². The average molecular weight is 517 g/mol. The van der Waals surface area contributed by atoms with Crippen LogP contribution in [0.25, 0.3) is 0 Å². The summed E-state index contributed by atoms with van der Waals surface area (Å²) in [6, 6.07) is 19.3. The summed E-state index contributed by atoms with van der Waals surface area (Å²) in [6.45, 7) is 0.966. The van der Waals surface area contributed by atoms with E-state index >= 15 is 0 Å². The predicted octanol–water partition coefficient (Wildman–Crippen LogP) is 4.70. The Bertz CT molecular complexity index is 1340. The Hall–Kier alpha value is -4.70. The normalized spacial score (nSPS) is 11.5. The number of aliphatic hydroxyl groups is 1. The smallest absolute Gasteiger partial charge is 0.279 e. The first-order chi connectivity index (χ1) is 18.4. The SMILES string of the molecule is COc1cc(C(O)c2ccc(N(Cc3ccccn3)Cc3ccccn3)c(OC)c2)c([N+](=O)[O-])cc1OC. The molecule has 10 heteroatoms. The van der Waals surface area contributed by atoms with Crippen molar-refractivity contribution in [1.29, 1.82) is 0 Å². The highest BCUT2D eigenvalue weighted by Gasteiger charge is 2.27. The Kier molecular flexibility index (Phi) is 8.34. The van der Waals surface area contributed by atoms with Crippen molar-refractivity contribution in [3.8, 4) is 17.2 Å². The maximum absolute atomic E-state index is 11.8. The van der Waals surface area contributed by atoms with Crippen LogP contribution in [0.1, 0.15) is 28.6 Å². The van der Waals surface area contributed by atoms with Crippen molar-refractivity contribution < 1.29 is 24.2 Å². The summed E-state index contributed by atoms with van der Waals surface area (Å²) in [5.41, 5.74) is 2.66. The Morgan fingerprint density at radius 2 is 1.42 bits per heavy atom. The quantitative estimate of drug-likeness (QED) is 0.223. The molecule has 0 fully saturated rings. The lowest BCUT2D eigenvalue weighted by Gasteiger charge is -2.27. The topological polar surface area (TPSA) is 120 Å². The number of aliphatic hydroxyl groups excluding tert-OH is 1. The van der Waals surface area contributed by atoms with Crippen LogP contribution in [-0.4, -0.2) is 41.3 Å². The fraction of sp³-hybridized carbons (Fsp3) is 0.214. The van der Waals surface area contributed by atoms with E-state index in [1.165, 1.54) is 33.5 Å². The number of benzene rings is 2.